The van der Waals surface area contributed by atoms with Gasteiger partial charge in [0.1, 0.15) is 5.82 Å². The van der Waals surface area contributed by atoms with Crippen LogP contribution in [-0.4, -0.2) is 55.0 Å². The van der Waals surface area contributed by atoms with E-state index >= 15 is 8.78 Å². The van der Waals surface area contributed by atoms with E-state index in [4.69, 9.17) is 11.6 Å². The molecule has 1 aliphatic rings. The molecule has 0 radical (unpaired) electrons. The average molecular weight is 552 g/mol. The topological polar surface area (TPSA) is 114 Å². The number of pyridine rings is 1. The molecule has 0 spiro atoms. The Morgan fingerprint density at radius 3 is 2.63 bits per heavy atom. The van der Waals surface area contributed by atoms with Gasteiger partial charge in [0.25, 0.3) is 0 Å². The fourth-order valence-electron chi connectivity index (χ4n) is 5.05. The third-order valence-corrected chi connectivity index (χ3v) is 7.44. The fraction of sp³-hybridized carbons (Fsp3) is 0.423. The van der Waals surface area contributed by atoms with Gasteiger partial charge in [0, 0.05) is 41.7 Å². The van der Waals surface area contributed by atoms with Gasteiger partial charge >= 0.3 is 0 Å². The largest absolute Gasteiger partial charge is 0.368 e. The minimum absolute atomic E-state index is 0.0147. The molecular formula is C26H29ClF3N5O3. The highest BCUT2D eigenvalue weighted by Gasteiger charge is 2.44. The lowest BCUT2D eigenvalue weighted by Gasteiger charge is -2.46. The van der Waals surface area contributed by atoms with Crippen LogP contribution in [0, 0.1) is 29.8 Å². The monoisotopic (exact) mass is 551 g/mol. The van der Waals surface area contributed by atoms with Crippen LogP contribution < -0.4 is 5.32 Å². The highest BCUT2D eigenvalue weighted by molar-refractivity contribution is 6.30. The second-order valence-corrected chi connectivity index (χ2v) is 10.3. The summed E-state index contributed by atoms with van der Waals surface area (Å²) in [5.74, 6) is -3.84. The lowest BCUT2D eigenvalue weighted by Crippen LogP contribution is -2.51. The summed E-state index contributed by atoms with van der Waals surface area (Å²) >= 11 is 5.91. The number of likely N-dealkylation sites (tertiary alicyclic amines) is 1. The molecule has 3 heterocycles. The summed E-state index contributed by atoms with van der Waals surface area (Å²) in [5.41, 5.74) is -1.20. The number of aliphatic hydroxyl groups excluding tert-OH is 1. The normalized spacial score (nSPS) is 20.2. The predicted octanol–water partition coefficient (Wildman–Crippen LogP) is 4.65. The van der Waals surface area contributed by atoms with Gasteiger partial charge in [-0.1, -0.05) is 23.7 Å². The number of aromatic nitrogens is 3. The molecule has 2 atom stereocenters. The van der Waals surface area contributed by atoms with Crippen molar-refractivity contribution in [2.75, 3.05) is 11.9 Å². The molecule has 204 valence electrons. The van der Waals surface area contributed by atoms with Gasteiger partial charge < -0.3 is 15.5 Å². The number of halogens is 4. The van der Waals surface area contributed by atoms with E-state index in [-0.39, 0.29) is 48.4 Å². The Hall–Kier alpha value is -2.99. The van der Waals surface area contributed by atoms with Crippen molar-refractivity contribution in [3.05, 3.63) is 69.3 Å². The summed E-state index contributed by atoms with van der Waals surface area (Å²) < 4.78 is 45.0. The molecule has 3 aromatic rings. The Bertz CT molecular complexity index is 1350. The first-order valence-electron chi connectivity index (χ1n) is 12.1. The van der Waals surface area contributed by atoms with Crippen LogP contribution in [-0.2, 0) is 13.0 Å². The maximum absolute atomic E-state index is 15.4. The molecule has 2 aromatic heterocycles. The van der Waals surface area contributed by atoms with Gasteiger partial charge in [0.2, 0.25) is 0 Å². The first-order chi connectivity index (χ1) is 17.9. The standard InChI is InChI=1S/C26H29ClF3N5O3/c1-13-9-19(34-33-13)32-24-23(30)20(15(3)36)22(29)18(31-24)11-26(25(37)38)7-8-35(14(2)10-26)12-16-5-4-6-17(27)21(16)28/h4-6,9,14,25,37-38H,7-8,10-12H2,1-3H3,(H2,31,32,33,34)/t14-,26-/m1/s1. The molecule has 0 aliphatic carbocycles. The number of nitrogens with zero attached hydrogens (tertiary/aromatic N) is 3. The van der Waals surface area contributed by atoms with Gasteiger partial charge in [-0.25, -0.2) is 18.2 Å². The van der Waals surface area contributed by atoms with Crippen LogP contribution >= 0.6 is 11.6 Å². The second-order valence-electron chi connectivity index (χ2n) is 9.93. The van der Waals surface area contributed by atoms with E-state index in [2.05, 4.69) is 20.5 Å². The van der Waals surface area contributed by atoms with Crippen LogP contribution in [0.5, 0.6) is 0 Å². The number of H-pyrrole nitrogens is 1. The number of hydrogen-bond acceptors (Lipinski definition) is 7. The zero-order valence-corrected chi connectivity index (χ0v) is 21.9. The predicted molar refractivity (Wildman–Crippen MR) is 136 cm³/mol. The van der Waals surface area contributed by atoms with E-state index < -0.39 is 46.3 Å². The molecule has 4 N–H and O–H groups in total. The summed E-state index contributed by atoms with van der Waals surface area (Å²) in [4.78, 5) is 18.2. The van der Waals surface area contributed by atoms with Gasteiger partial charge in [-0.2, -0.15) is 5.10 Å². The van der Waals surface area contributed by atoms with Crippen LogP contribution in [0.25, 0.3) is 0 Å². The molecule has 0 amide bonds. The zero-order valence-electron chi connectivity index (χ0n) is 21.2. The first-order valence-corrected chi connectivity index (χ1v) is 12.5. The van der Waals surface area contributed by atoms with Crippen molar-refractivity contribution in [1.29, 1.82) is 0 Å². The average Bonchev–Trinajstić information content (AvgIpc) is 3.26. The highest BCUT2D eigenvalue weighted by Crippen LogP contribution is 2.42. The summed E-state index contributed by atoms with van der Waals surface area (Å²) in [6.07, 6.45) is -1.73. The van der Waals surface area contributed by atoms with Crippen molar-refractivity contribution < 1.29 is 28.2 Å². The highest BCUT2D eigenvalue weighted by atomic mass is 35.5. The number of aromatic amines is 1. The third-order valence-electron chi connectivity index (χ3n) is 7.15. The van der Waals surface area contributed by atoms with Crippen LogP contribution in [0.3, 0.4) is 0 Å². The Kier molecular flexibility index (Phi) is 8.12. The maximum atomic E-state index is 15.4. The molecule has 1 aromatic carbocycles. The number of nitrogens with one attached hydrogen (secondary N) is 2. The molecule has 38 heavy (non-hydrogen) atoms. The quantitative estimate of drug-likeness (QED) is 0.238. The molecule has 12 heteroatoms. The smallest absolute Gasteiger partial charge is 0.179 e. The van der Waals surface area contributed by atoms with Gasteiger partial charge in [0.05, 0.1) is 16.3 Å². The second kappa shape index (κ2) is 11.0. The van der Waals surface area contributed by atoms with Gasteiger partial charge in [-0.15, -0.1) is 0 Å². The van der Waals surface area contributed by atoms with Crippen LogP contribution in [0.4, 0.5) is 24.8 Å². The van der Waals surface area contributed by atoms with Gasteiger partial charge in [0.15, 0.2) is 35.3 Å². The van der Waals surface area contributed by atoms with Crippen molar-refractivity contribution >= 4 is 29.0 Å². The lowest BCUT2D eigenvalue weighted by molar-refractivity contribution is -0.162. The molecule has 0 unspecified atom stereocenters. The molecule has 0 bridgehead atoms. The minimum Gasteiger partial charge on any atom is -0.368 e. The number of ketones is 1. The van der Waals surface area contributed by atoms with Crippen molar-refractivity contribution in [1.82, 2.24) is 20.1 Å². The number of carbonyl (C=O) groups excluding carboxylic acids is 1. The van der Waals surface area contributed by atoms with Gasteiger partial charge in [-0.05, 0) is 46.2 Å². The SMILES string of the molecule is CC(=O)c1c(F)c(C[C@@]2(C(O)O)CCN(Cc3cccc(Cl)c3F)[C@H](C)C2)nc(Nc2cc(C)[nH]n2)c1F. The number of piperidine rings is 1. The zero-order chi connectivity index (χ0) is 27.8. The van der Waals surface area contributed by atoms with Crippen molar-refractivity contribution in [3.63, 3.8) is 0 Å². The van der Waals surface area contributed by atoms with Gasteiger partial charge in [-0.3, -0.25) is 14.8 Å². The van der Waals surface area contributed by atoms with E-state index in [1.165, 1.54) is 6.07 Å². The van der Waals surface area contributed by atoms with Crippen LogP contribution in [0.2, 0.25) is 5.02 Å². The summed E-state index contributed by atoms with van der Waals surface area (Å²) in [5, 5.41) is 30.2. The maximum Gasteiger partial charge on any atom is 0.179 e. The number of aliphatic hydroxyl groups is 2. The van der Waals surface area contributed by atoms with Crippen LogP contribution in [0.1, 0.15) is 54.0 Å². The number of carbonyl (C=O) groups is 1. The molecular weight excluding hydrogens is 523 g/mol. The molecule has 1 aliphatic heterocycles. The fourth-order valence-corrected chi connectivity index (χ4v) is 5.25. The van der Waals surface area contributed by atoms with E-state index in [9.17, 15) is 19.4 Å². The Morgan fingerprint density at radius 2 is 2.03 bits per heavy atom. The summed E-state index contributed by atoms with van der Waals surface area (Å²) in [6.45, 7) is 5.21. The third kappa shape index (κ3) is 5.56. The number of anilines is 2. The van der Waals surface area contributed by atoms with Crippen molar-refractivity contribution in [2.45, 2.75) is 58.9 Å². The molecule has 8 nitrogen and oxygen atoms in total. The number of hydrogen-bond donors (Lipinski definition) is 4. The minimum atomic E-state index is -1.85. The van der Waals surface area contributed by atoms with E-state index in [0.717, 1.165) is 6.92 Å². The van der Waals surface area contributed by atoms with E-state index in [1.54, 1.807) is 25.1 Å². The molecule has 4 rings (SSSR count). The lowest BCUT2D eigenvalue weighted by atomic mass is 9.71. The number of rotatable bonds is 8. The summed E-state index contributed by atoms with van der Waals surface area (Å²) in [6, 6.07) is 6.07. The Labute approximate surface area is 222 Å². The van der Waals surface area contributed by atoms with Crippen molar-refractivity contribution in [2.24, 2.45) is 5.41 Å². The Morgan fingerprint density at radius 1 is 1.29 bits per heavy atom. The van der Waals surface area contributed by atoms with Crippen LogP contribution in [0.15, 0.2) is 24.3 Å². The van der Waals surface area contributed by atoms with Crippen molar-refractivity contribution in [3.8, 4) is 0 Å². The number of aryl methyl sites for hydroxylation is 1. The number of Topliss-reactive ketones (excluding diaryl/α,β-unsaturated/α-hetero) is 1. The number of benzene rings is 1. The Balaban J connectivity index is 1.64. The molecule has 1 fully saturated rings. The summed E-state index contributed by atoms with van der Waals surface area (Å²) in [7, 11) is 0. The van der Waals surface area contributed by atoms with E-state index in [1.807, 2.05) is 11.8 Å². The molecule has 0 saturated carbocycles. The molecule has 1 saturated heterocycles. The van der Waals surface area contributed by atoms with E-state index in [0.29, 0.717) is 17.8 Å². The first kappa shape index (κ1) is 28.0.